The van der Waals surface area contributed by atoms with E-state index in [1.54, 1.807) is 4.90 Å². The highest BCUT2D eigenvalue weighted by Gasteiger charge is 2.33. The Morgan fingerprint density at radius 2 is 1.88 bits per heavy atom. The van der Waals surface area contributed by atoms with Crippen LogP contribution in [-0.2, 0) is 11.2 Å². The summed E-state index contributed by atoms with van der Waals surface area (Å²) in [6, 6.07) is 0.620. The largest absolute Gasteiger partial charge is 0.494 e. The van der Waals surface area contributed by atoms with E-state index in [-0.39, 0.29) is 57.8 Å². The van der Waals surface area contributed by atoms with Crippen LogP contribution in [0, 0.1) is 17.6 Å². The molecule has 1 aliphatic heterocycles. The van der Waals surface area contributed by atoms with Crippen LogP contribution in [0.4, 0.5) is 14.6 Å². The minimum Gasteiger partial charge on any atom is -0.494 e. The molecular formula is C28H32F2N6O5. The van der Waals surface area contributed by atoms with E-state index in [1.165, 1.54) is 31.2 Å². The molecule has 0 spiro atoms. The van der Waals surface area contributed by atoms with Crippen molar-refractivity contribution in [3.05, 3.63) is 53.4 Å². The molecule has 0 bridgehead atoms. The number of nitrogens with one attached hydrogen (secondary N) is 1. The van der Waals surface area contributed by atoms with Crippen LogP contribution >= 0.6 is 0 Å². The molecule has 41 heavy (non-hydrogen) atoms. The molecule has 3 heterocycles. The van der Waals surface area contributed by atoms with E-state index in [4.69, 9.17) is 15.2 Å². The number of methoxy groups -OCH3 is 2. The predicted octanol–water partition coefficient (Wildman–Crippen LogP) is 3.08. The van der Waals surface area contributed by atoms with Crippen LogP contribution in [-0.4, -0.2) is 71.1 Å². The number of nitrogens with zero attached hydrogens (tertiary/aromatic N) is 4. The minimum absolute atomic E-state index is 0.0800. The second-order valence-corrected chi connectivity index (χ2v) is 10.1. The van der Waals surface area contributed by atoms with Gasteiger partial charge < -0.3 is 25.4 Å². The molecule has 1 fully saturated rings. The average molecular weight is 571 g/mol. The Labute approximate surface area is 235 Å². The summed E-state index contributed by atoms with van der Waals surface area (Å²) in [6.45, 7) is 8.42. The second kappa shape index (κ2) is 11.9. The highest BCUT2D eigenvalue weighted by Crippen LogP contribution is 2.35. The highest BCUT2D eigenvalue weighted by atomic mass is 19.1. The van der Waals surface area contributed by atoms with Crippen molar-refractivity contribution in [1.29, 1.82) is 0 Å². The maximum absolute atomic E-state index is 15.1. The Morgan fingerprint density at radius 1 is 1.22 bits per heavy atom. The fourth-order valence-corrected chi connectivity index (χ4v) is 4.82. The number of Topliss-reactive ketones (excluding diaryl/α,β-unsaturated/α-hetero) is 1. The number of amides is 2. The van der Waals surface area contributed by atoms with Crippen molar-refractivity contribution in [3.8, 4) is 11.5 Å². The zero-order valence-corrected chi connectivity index (χ0v) is 23.3. The average Bonchev–Trinajstić information content (AvgIpc) is 3.60. The maximum Gasteiger partial charge on any atom is 0.255 e. The van der Waals surface area contributed by atoms with Gasteiger partial charge >= 0.3 is 0 Å². The van der Waals surface area contributed by atoms with Gasteiger partial charge in [-0.3, -0.25) is 19.1 Å². The fourth-order valence-electron chi connectivity index (χ4n) is 4.82. The van der Waals surface area contributed by atoms with Gasteiger partial charge in [-0.15, -0.1) is 0 Å². The molecule has 0 radical (unpaired) electrons. The van der Waals surface area contributed by atoms with Crippen LogP contribution < -0.4 is 20.5 Å². The number of hydrogen-bond donors (Lipinski definition) is 2. The van der Waals surface area contributed by atoms with Gasteiger partial charge in [0, 0.05) is 43.9 Å². The maximum atomic E-state index is 15.1. The van der Waals surface area contributed by atoms with Gasteiger partial charge in [-0.1, -0.05) is 20.4 Å². The summed E-state index contributed by atoms with van der Waals surface area (Å²) in [7, 11) is 2.41. The number of aromatic nitrogens is 3. The molecule has 218 valence electrons. The van der Waals surface area contributed by atoms with E-state index < -0.39 is 41.4 Å². The third kappa shape index (κ3) is 5.56. The van der Waals surface area contributed by atoms with Crippen molar-refractivity contribution < 1.29 is 32.6 Å². The second-order valence-electron chi connectivity index (χ2n) is 10.1. The van der Waals surface area contributed by atoms with E-state index in [0.717, 1.165) is 6.07 Å². The lowest BCUT2D eigenvalue weighted by molar-refractivity contribution is -0.125. The number of halogens is 2. The number of ether oxygens (including phenoxy) is 2. The molecule has 4 rings (SSSR count). The fraction of sp³-hybridized carbons (Fsp3) is 0.393. The molecule has 13 heteroatoms. The smallest absolute Gasteiger partial charge is 0.255 e. The van der Waals surface area contributed by atoms with Gasteiger partial charge in [-0.2, -0.15) is 5.10 Å². The number of nitrogen functional groups attached to an aromatic ring is 1. The van der Waals surface area contributed by atoms with Crippen LogP contribution in [0.1, 0.15) is 52.7 Å². The standard InChI is InChI=1S/C28H32F2N6O5/c1-6-21(38)35-8-7-15(13-35)36-26-17(28(39)33-11-14(2)3)12-32-27(31)22(26)25(34-36)18(37)9-16-23(29)19(40-4)10-20(41-5)24(16)30/h6,10,12,14-15H,1,7-9,11,13H2,2-5H3,(H2,31,32)(H,33,39)/t15-/m0/s1. The summed E-state index contributed by atoms with van der Waals surface area (Å²) in [5.74, 6) is -4.14. The zero-order valence-electron chi connectivity index (χ0n) is 23.3. The van der Waals surface area contributed by atoms with Gasteiger partial charge in [0.05, 0.1) is 36.7 Å². The third-order valence-electron chi connectivity index (χ3n) is 6.93. The summed E-state index contributed by atoms with van der Waals surface area (Å²) in [5.41, 5.74) is 5.80. The first kappa shape index (κ1) is 29.4. The van der Waals surface area contributed by atoms with Gasteiger partial charge in [0.1, 0.15) is 11.5 Å². The van der Waals surface area contributed by atoms with Crippen molar-refractivity contribution in [1.82, 2.24) is 25.0 Å². The SMILES string of the molecule is C=CC(=O)N1CC[C@H](n2nc(C(=O)Cc3c(F)c(OC)cc(OC)c3F)c3c(N)ncc(C(=O)NCC(C)C)c32)C1. The van der Waals surface area contributed by atoms with Crippen molar-refractivity contribution in [2.45, 2.75) is 32.7 Å². The van der Waals surface area contributed by atoms with E-state index in [1.807, 2.05) is 13.8 Å². The minimum atomic E-state index is -1.06. The van der Waals surface area contributed by atoms with Gasteiger partial charge in [-0.05, 0) is 18.4 Å². The Morgan fingerprint density at radius 3 is 2.46 bits per heavy atom. The zero-order chi connectivity index (χ0) is 30.0. The van der Waals surface area contributed by atoms with E-state index >= 15 is 8.78 Å². The quantitative estimate of drug-likeness (QED) is 0.280. The summed E-state index contributed by atoms with van der Waals surface area (Å²) >= 11 is 0. The summed E-state index contributed by atoms with van der Waals surface area (Å²) < 4.78 is 41.7. The first-order valence-electron chi connectivity index (χ1n) is 13.0. The lowest BCUT2D eigenvalue weighted by atomic mass is 10.0. The molecule has 1 aliphatic rings. The molecule has 1 atom stereocenters. The van der Waals surface area contributed by atoms with Crippen LogP contribution in [0.25, 0.3) is 10.9 Å². The Hall–Kier alpha value is -4.55. The lowest BCUT2D eigenvalue weighted by Crippen LogP contribution is -2.29. The number of hydrogen-bond acceptors (Lipinski definition) is 8. The molecule has 11 nitrogen and oxygen atoms in total. The van der Waals surface area contributed by atoms with Crippen LogP contribution in [0.5, 0.6) is 11.5 Å². The van der Waals surface area contributed by atoms with Gasteiger partial charge in [-0.25, -0.2) is 13.8 Å². The number of likely N-dealkylation sites (tertiary alicyclic amines) is 1. The summed E-state index contributed by atoms with van der Waals surface area (Å²) in [5, 5.41) is 7.44. The van der Waals surface area contributed by atoms with E-state index in [9.17, 15) is 14.4 Å². The van der Waals surface area contributed by atoms with Gasteiger partial charge in [0.15, 0.2) is 28.9 Å². The van der Waals surface area contributed by atoms with Crippen molar-refractivity contribution in [3.63, 3.8) is 0 Å². The van der Waals surface area contributed by atoms with Gasteiger partial charge in [0.25, 0.3) is 5.91 Å². The Bertz CT molecular complexity index is 1510. The van der Waals surface area contributed by atoms with Crippen molar-refractivity contribution in [2.24, 2.45) is 5.92 Å². The number of nitrogens with two attached hydrogens (primary N) is 1. The number of benzene rings is 1. The topological polar surface area (TPSA) is 142 Å². The van der Waals surface area contributed by atoms with Gasteiger partial charge in [0.2, 0.25) is 5.91 Å². The Kier molecular flexibility index (Phi) is 8.55. The molecule has 3 aromatic rings. The highest BCUT2D eigenvalue weighted by molar-refractivity contribution is 6.15. The molecule has 0 unspecified atom stereocenters. The van der Waals surface area contributed by atoms with Crippen LogP contribution in [0.15, 0.2) is 24.9 Å². The molecule has 1 aromatic carbocycles. The monoisotopic (exact) mass is 570 g/mol. The van der Waals surface area contributed by atoms with E-state index in [2.05, 4.69) is 22.0 Å². The van der Waals surface area contributed by atoms with Crippen LogP contribution in [0.2, 0.25) is 0 Å². The number of fused-ring (bicyclic) bond motifs is 1. The number of pyridine rings is 1. The molecule has 1 saturated heterocycles. The number of anilines is 1. The normalized spacial score (nSPS) is 14.9. The number of ketones is 1. The lowest BCUT2D eigenvalue weighted by Gasteiger charge is -2.16. The number of carbonyl (C=O) groups excluding carboxylic acids is 3. The van der Waals surface area contributed by atoms with Crippen molar-refractivity contribution >= 4 is 34.3 Å². The third-order valence-corrected chi connectivity index (χ3v) is 6.93. The molecule has 2 aromatic heterocycles. The summed E-state index contributed by atoms with van der Waals surface area (Å²) in [4.78, 5) is 44.9. The molecule has 3 N–H and O–H groups in total. The van der Waals surface area contributed by atoms with Crippen molar-refractivity contribution in [2.75, 3.05) is 39.6 Å². The summed E-state index contributed by atoms with van der Waals surface area (Å²) in [6.07, 6.45) is 2.23. The molecule has 2 amide bonds. The first-order chi connectivity index (χ1) is 19.5. The molecule has 0 aliphatic carbocycles. The number of rotatable bonds is 10. The first-order valence-corrected chi connectivity index (χ1v) is 13.0. The van der Waals surface area contributed by atoms with Crippen LogP contribution in [0.3, 0.4) is 0 Å². The predicted molar refractivity (Wildman–Crippen MR) is 147 cm³/mol. The molecule has 0 saturated carbocycles. The molecular weight excluding hydrogens is 538 g/mol. The Balaban J connectivity index is 1.87. The number of carbonyl (C=O) groups is 3. The van der Waals surface area contributed by atoms with E-state index in [0.29, 0.717) is 19.5 Å².